The first-order valence-electron chi connectivity index (χ1n) is 6.87. The fourth-order valence-corrected chi connectivity index (χ4v) is 2.42. The number of aromatic amines is 1. The summed E-state index contributed by atoms with van der Waals surface area (Å²) in [6, 6.07) is -0.0729. The van der Waals surface area contributed by atoms with Crippen LogP contribution in [0.15, 0.2) is 12.5 Å². The second-order valence-corrected chi connectivity index (χ2v) is 5.10. The van der Waals surface area contributed by atoms with Gasteiger partial charge in [0, 0.05) is 25.7 Å². The van der Waals surface area contributed by atoms with Gasteiger partial charge in [0.15, 0.2) is 0 Å². The van der Waals surface area contributed by atoms with Crippen molar-refractivity contribution in [2.75, 3.05) is 13.1 Å². The largest absolute Gasteiger partial charge is 0.481 e. The molecule has 2 rings (SSSR count). The molecule has 20 heavy (non-hydrogen) atoms. The molecule has 2 amide bonds. The van der Waals surface area contributed by atoms with Gasteiger partial charge in [0.1, 0.15) is 0 Å². The van der Waals surface area contributed by atoms with E-state index in [9.17, 15) is 9.59 Å². The summed E-state index contributed by atoms with van der Waals surface area (Å²) in [4.78, 5) is 31.1. The van der Waals surface area contributed by atoms with Crippen molar-refractivity contribution in [3.05, 3.63) is 18.2 Å². The van der Waals surface area contributed by atoms with E-state index in [0.29, 0.717) is 32.0 Å². The number of amides is 2. The Morgan fingerprint density at radius 3 is 2.80 bits per heavy atom. The van der Waals surface area contributed by atoms with Crippen molar-refractivity contribution in [1.82, 2.24) is 20.2 Å². The van der Waals surface area contributed by atoms with Crippen molar-refractivity contribution < 1.29 is 14.7 Å². The van der Waals surface area contributed by atoms with Crippen LogP contribution in [-0.2, 0) is 11.3 Å². The Morgan fingerprint density at radius 2 is 2.20 bits per heavy atom. The molecule has 7 heteroatoms. The van der Waals surface area contributed by atoms with Crippen LogP contribution in [-0.4, -0.2) is 45.1 Å². The fraction of sp³-hybridized carbons (Fsp3) is 0.615. The Morgan fingerprint density at radius 1 is 1.45 bits per heavy atom. The molecule has 0 saturated carbocycles. The topological polar surface area (TPSA) is 98.3 Å². The molecular weight excluding hydrogens is 260 g/mol. The molecule has 1 aromatic rings. The third kappa shape index (κ3) is 4.25. The SMILES string of the molecule is O=C(O)CCC1CCN(C(=O)NCc2cnc[nH]2)CC1. The predicted molar refractivity (Wildman–Crippen MR) is 72.0 cm³/mol. The molecule has 0 radical (unpaired) electrons. The molecule has 110 valence electrons. The van der Waals surface area contributed by atoms with E-state index in [0.717, 1.165) is 18.5 Å². The van der Waals surface area contributed by atoms with Crippen LogP contribution in [0.1, 0.15) is 31.4 Å². The average Bonchev–Trinajstić information content (AvgIpc) is 2.96. The molecule has 1 aromatic heterocycles. The summed E-state index contributed by atoms with van der Waals surface area (Å²) in [6.45, 7) is 1.83. The molecule has 1 fully saturated rings. The van der Waals surface area contributed by atoms with Crippen LogP contribution in [0.25, 0.3) is 0 Å². The Kier molecular flexibility index (Phi) is 4.97. The van der Waals surface area contributed by atoms with Gasteiger partial charge in [0.05, 0.1) is 18.6 Å². The van der Waals surface area contributed by atoms with Crippen LogP contribution in [0, 0.1) is 5.92 Å². The molecule has 0 unspecified atom stereocenters. The van der Waals surface area contributed by atoms with Gasteiger partial charge in [-0.25, -0.2) is 9.78 Å². The lowest BCUT2D eigenvalue weighted by Gasteiger charge is -2.31. The molecule has 7 nitrogen and oxygen atoms in total. The summed E-state index contributed by atoms with van der Waals surface area (Å²) < 4.78 is 0. The Balaban J connectivity index is 1.67. The van der Waals surface area contributed by atoms with E-state index in [4.69, 9.17) is 5.11 Å². The third-order valence-electron chi connectivity index (χ3n) is 3.65. The first-order chi connectivity index (χ1) is 9.65. The van der Waals surface area contributed by atoms with Gasteiger partial charge in [0.2, 0.25) is 0 Å². The summed E-state index contributed by atoms with van der Waals surface area (Å²) in [6.07, 6.45) is 5.94. The van der Waals surface area contributed by atoms with Gasteiger partial charge in [-0.15, -0.1) is 0 Å². The van der Waals surface area contributed by atoms with Crippen molar-refractivity contribution in [2.45, 2.75) is 32.2 Å². The van der Waals surface area contributed by atoms with E-state index in [1.165, 1.54) is 0 Å². The average molecular weight is 280 g/mol. The Labute approximate surface area is 117 Å². The van der Waals surface area contributed by atoms with Crippen molar-refractivity contribution in [2.24, 2.45) is 5.92 Å². The lowest BCUT2D eigenvalue weighted by atomic mass is 9.92. The monoisotopic (exact) mass is 280 g/mol. The van der Waals surface area contributed by atoms with Crippen LogP contribution in [0.2, 0.25) is 0 Å². The first kappa shape index (κ1) is 14.4. The first-order valence-corrected chi connectivity index (χ1v) is 6.87. The molecule has 0 bridgehead atoms. The number of H-pyrrole nitrogens is 1. The number of carbonyl (C=O) groups is 2. The number of aliphatic carboxylic acids is 1. The third-order valence-corrected chi connectivity index (χ3v) is 3.65. The quantitative estimate of drug-likeness (QED) is 0.754. The summed E-state index contributed by atoms with van der Waals surface area (Å²) in [5, 5.41) is 11.5. The summed E-state index contributed by atoms with van der Waals surface area (Å²) >= 11 is 0. The van der Waals surface area contributed by atoms with Gasteiger partial charge in [0.25, 0.3) is 0 Å². The van der Waals surface area contributed by atoms with Gasteiger partial charge in [-0.3, -0.25) is 4.79 Å². The highest BCUT2D eigenvalue weighted by atomic mass is 16.4. The number of likely N-dealkylation sites (tertiary alicyclic amines) is 1. The minimum atomic E-state index is -0.746. The smallest absolute Gasteiger partial charge is 0.317 e. The minimum Gasteiger partial charge on any atom is -0.481 e. The zero-order valence-electron chi connectivity index (χ0n) is 11.3. The number of aromatic nitrogens is 2. The Bertz CT molecular complexity index is 438. The highest BCUT2D eigenvalue weighted by Gasteiger charge is 2.22. The maximum atomic E-state index is 12.0. The summed E-state index contributed by atoms with van der Waals surface area (Å²) in [5.41, 5.74) is 0.870. The maximum absolute atomic E-state index is 12.0. The number of rotatable bonds is 5. The molecule has 0 spiro atoms. The lowest BCUT2D eigenvalue weighted by Crippen LogP contribution is -2.44. The van der Waals surface area contributed by atoms with Crippen LogP contribution in [0.3, 0.4) is 0 Å². The van der Waals surface area contributed by atoms with E-state index in [1.54, 1.807) is 17.4 Å². The lowest BCUT2D eigenvalue weighted by molar-refractivity contribution is -0.137. The number of urea groups is 1. The highest BCUT2D eigenvalue weighted by Crippen LogP contribution is 2.21. The van der Waals surface area contributed by atoms with E-state index in [1.807, 2.05) is 0 Å². The van der Waals surface area contributed by atoms with Crippen molar-refractivity contribution in [3.8, 4) is 0 Å². The number of hydrogen-bond acceptors (Lipinski definition) is 3. The van der Waals surface area contributed by atoms with Crippen molar-refractivity contribution >= 4 is 12.0 Å². The standard InChI is InChI=1S/C13H20N4O3/c18-12(19)2-1-10-3-5-17(6-4-10)13(20)15-8-11-7-14-9-16-11/h7,9-10H,1-6,8H2,(H,14,16)(H,15,20)(H,18,19). The second-order valence-electron chi connectivity index (χ2n) is 5.10. The number of carboxylic acid groups (broad SMARTS) is 1. The second kappa shape index (κ2) is 6.93. The van der Waals surface area contributed by atoms with Crippen molar-refractivity contribution in [3.63, 3.8) is 0 Å². The molecule has 1 aliphatic rings. The van der Waals surface area contributed by atoms with Crippen LogP contribution in [0.5, 0.6) is 0 Å². The number of piperidine rings is 1. The van der Waals surface area contributed by atoms with Gasteiger partial charge in [-0.05, 0) is 25.2 Å². The number of nitrogens with one attached hydrogen (secondary N) is 2. The number of nitrogens with zero attached hydrogens (tertiary/aromatic N) is 2. The van der Waals surface area contributed by atoms with Gasteiger partial charge < -0.3 is 20.3 Å². The van der Waals surface area contributed by atoms with Crippen LogP contribution >= 0.6 is 0 Å². The maximum Gasteiger partial charge on any atom is 0.317 e. The number of imidazole rings is 1. The van der Waals surface area contributed by atoms with Crippen molar-refractivity contribution in [1.29, 1.82) is 0 Å². The molecule has 1 aliphatic heterocycles. The highest BCUT2D eigenvalue weighted by molar-refractivity contribution is 5.74. The van der Waals surface area contributed by atoms with E-state index in [2.05, 4.69) is 15.3 Å². The fourth-order valence-electron chi connectivity index (χ4n) is 2.42. The molecule has 1 saturated heterocycles. The normalized spacial score (nSPS) is 16.1. The van der Waals surface area contributed by atoms with Crippen LogP contribution in [0.4, 0.5) is 4.79 Å². The minimum absolute atomic E-state index is 0.0729. The molecule has 0 atom stereocenters. The van der Waals surface area contributed by atoms with Crippen LogP contribution < -0.4 is 5.32 Å². The zero-order valence-corrected chi connectivity index (χ0v) is 11.3. The number of carbonyl (C=O) groups excluding carboxylic acids is 1. The molecule has 2 heterocycles. The van der Waals surface area contributed by atoms with E-state index >= 15 is 0 Å². The van der Waals surface area contributed by atoms with Gasteiger partial charge >= 0.3 is 12.0 Å². The number of hydrogen-bond donors (Lipinski definition) is 3. The predicted octanol–water partition coefficient (Wildman–Crippen LogP) is 1.20. The summed E-state index contributed by atoms with van der Waals surface area (Å²) in [5.74, 6) is -0.326. The van der Waals surface area contributed by atoms with Gasteiger partial charge in [-0.2, -0.15) is 0 Å². The van der Waals surface area contributed by atoms with Gasteiger partial charge in [-0.1, -0.05) is 0 Å². The zero-order chi connectivity index (χ0) is 14.4. The van der Waals surface area contributed by atoms with E-state index in [-0.39, 0.29) is 12.5 Å². The summed E-state index contributed by atoms with van der Waals surface area (Å²) in [7, 11) is 0. The Hall–Kier alpha value is -2.05. The molecular formula is C13H20N4O3. The van der Waals surface area contributed by atoms with E-state index < -0.39 is 5.97 Å². The molecule has 3 N–H and O–H groups in total. The number of carboxylic acids is 1. The molecule has 0 aliphatic carbocycles. The molecule has 0 aromatic carbocycles.